The number of alkyl halides is 3. The number of carbonyl (C=O) groups is 2. The maximum Gasteiger partial charge on any atom is 0.416 e. The van der Waals surface area contributed by atoms with E-state index in [1.165, 1.54) is 11.1 Å². The normalized spacial score (nSPS) is 15.5. The highest BCUT2D eigenvalue weighted by Crippen LogP contribution is 2.50. The Labute approximate surface area is 251 Å². The summed E-state index contributed by atoms with van der Waals surface area (Å²) in [5.74, 6) is -2.27. The van der Waals surface area contributed by atoms with Crippen LogP contribution in [0.4, 0.5) is 33.7 Å². The standard InChI is InChI=1S/C30H17Cl2F4N5O2/c31-16-3-4-22(32)21(11-16)26-25-23(39-28(42)14-8-15(30(34,35)36)10-17(33)9-14)12-20(18-2-1-6-38-24(18)13-37)19-5-7-41(27(19)25)29(43)40-26/h1-4,6,8-12,26H,5,7H2,(H,39,42)(H,40,43). The lowest BCUT2D eigenvalue weighted by atomic mass is 9.87. The molecule has 13 heteroatoms. The van der Waals surface area contributed by atoms with Crippen LogP contribution in [-0.2, 0) is 12.6 Å². The summed E-state index contributed by atoms with van der Waals surface area (Å²) < 4.78 is 54.5. The van der Waals surface area contributed by atoms with Crippen molar-refractivity contribution in [3.8, 4) is 17.2 Å². The highest BCUT2D eigenvalue weighted by atomic mass is 35.5. The first-order valence-corrected chi connectivity index (χ1v) is 13.5. The minimum Gasteiger partial charge on any atom is -0.327 e. The van der Waals surface area contributed by atoms with Crippen LogP contribution in [0.2, 0.25) is 10.0 Å². The Kier molecular flexibility index (Phi) is 6.99. The van der Waals surface area contributed by atoms with E-state index >= 15 is 0 Å². The fourth-order valence-corrected chi connectivity index (χ4v) is 5.90. The Bertz CT molecular complexity index is 1890. The number of anilines is 2. The minimum atomic E-state index is -4.89. The van der Waals surface area contributed by atoms with Gasteiger partial charge in [0.05, 0.1) is 17.3 Å². The first kappa shape index (κ1) is 28.5. The Hall–Kier alpha value is -4.66. The van der Waals surface area contributed by atoms with E-state index in [-0.39, 0.29) is 22.9 Å². The third-order valence-corrected chi connectivity index (χ3v) is 7.89. The Morgan fingerprint density at radius 1 is 1.12 bits per heavy atom. The summed E-state index contributed by atoms with van der Waals surface area (Å²) in [6.45, 7) is 0.273. The number of benzene rings is 3. The molecule has 1 atom stereocenters. The topological polar surface area (TPSA) is 98.1 Å². The highest BCUT2D eigenvalue weighted by molar-refractivity contribution is 6.33. The Balaban J connectivity index is 1.60. The van der Waals surface area contributed by atoms with E-state index in [0.717, 1.165) is 0 Å². The number of amides is 3. The van der Waals surface area contributed by atoms with Crippen molar-refractivity contribution >= 4 is 46.5 Å². The van der Waals surface area contributed by atoms with Crippen LogP contribution in [0, 0.1) is 17.1 Å². The second-order valence-electron chi connectivity index (χ2n) is 9.85. The van der Waals surface area contributed by atoms with Crippen molar-refractivity contribution in [1.82, 2.24) is 10.3 Å². The van der Waals surface area contributed by atoms with Crippen molar-refractivity contribution in [2.24, 2.45) is 0 Å². The third-order valence-electron chi connectivity index (χ3n) is 7.31. The zero-order valence-corrected chi connectivity index (χ0v) is 23.2. The van der Waals surface area contributed by atoms with Gasteiger partial charge in [0.25, 0.3) is 5.91 Å². The SMILES string of the molecule is N#Cc1ncccc1-c1cc(NC(=O)c2cc(F)cc(C(F)(F)F)c2)c2c3c1CCN3C(=O)NC2c1cc(Cl)ccc1Cl. The number of nitriles is 1. The van der Waals surface area contributed by atoms with E-state index in [1.807, 2.05) is 6.07 Å². The molecule has 0 bridgehead atoms. The average molecular weight is 626 g/mol. The molecule has 3 heterocycles. The summed E-state index contributed by atoms with van der Waals surface area (Å²) in [5, 5.41) is 15.9. The van der Waals surface area contributed by atoms with Gasteiger partial charge in [-0.3, -0.25) is 9.69 Å². The Morgan fingerprint density at radius 2 is 1.91 bits per heavy atom. The van der Waals surface area contributed by atoms with Gasteiger partial charge in [0.15, 0.2) is 0 Å². The van der Waals surface area contributed by atoms with E-state index < -0.39 is 41.1 Å². The van der Waals surface area contributed by atoms with Gasteiger partial charge >= 0.3 is 12.2 Å². The average Bonchev–Trinajstić information content (AvgIpc) is 3.42. The zero-order chi connectivity index (χ0) is 30.6. The summed E-state index contributed by atoms with van der Waals surface area (Å²) in [7, 11) is 0. The predicted molar refractivity (Wildman–Crippen MR) is 152 cm³/mol. The fraction of sp³-hybridized carbons (Fsp3) is 0.133. The van der Waals surface area contributed by atoms with Gasteiger partial charge in [-0.15, -0.1) is 0 Å². The number of carbonyl (C=O) groups excluding carboxylic acids is 2. The van der Waals surface area contributed by atoms with Crippen molar-refractivity contribution in [3.05, 3.63) is 110 Å². The number of aromatic nitrogens is 1. The molecule has 2 N–H and O–H groups in total. The molecule has 216 valence electrons. The molecule has 2 aliphatic heterocycles. The molecule has 1 aromatic heterocycles. The van der Waals surface area contributed by atoms with Crippen molar-refractivity contribution in [2.45, 2.75) is 18.6 Å². The van der Waals surface area contributed by atoms with E-state index in [1.54, 1.807) is 36.4 Å². The number of nitrogens with one attached hydrogen (secondary N) is 2. The maximum atomic E-state index is 14.2. The number of hydrogen-bond acceptors (Lipinski definition) is 4. The van der Waals surface area contributed by atoms with E-state index in [9.17, 15) is 32.4 Å². The first-order chi connectivity index (χ1) is 20.5. The van der Waals surface area contributed by atoms with Crippen LogP contribution in [0.5, 0.6) is 0 Å². The summed E-state index contributed by atoms with van der Waals surface area (Å²) >= 11 is 12.8. The van der Waals surface area contributed by atoms with Crippen LogP contribution < -0.4 is 15.5 Å². The fourth-order valence-electron chi connectivity index (χ4n) is 5.50. The molecule has 0 radical (unpaired) electrons. The quantitative estimate of drug-likeness (QED) is 0.229. The maximum absolute atomic E-state index is 14.2. The number of urea groups is 1. The van der Waals surface area contributed by atoms with Crippen LogP contribution >= 0.6 is 23.2 Å². The van der Waals surface area contributed by atoms with Crippen LogP contribution in [0.25, 0.3) is 11.1 Å². The molecular formula is C30H17Cl2F4N5O2. The van der Waals surface area contributed by atoms with Gasteiger partial charge in [-0.2, -0.15) is 18.4 Å². The van der Waals surface area contributed by atoms with Crippen molar-refractivity contribution < 1.29 is 27.2 Å². The molecule has 1 unspecified atom stereocenters. The molecule has 3 amide bonds. The molecular weight excluding hydrogens is 609 g/mol. The zero-order valence-electron chi connectivity index (χ0n) is 21.7. The number of rotatable bonds is 4. The van der Waals surface area contributed by atoms with Gasteiger partial charge < -0.3 is 10.6 Å². The van der Waals surface area contributed by atoms with E-state index in [0.29, 0.717) is 63.1 Å². The molecule has 0 aliphatic carbocycles. The van der Waals surface area contributed by atoms with Gasteiger partial charge in [0.1, 0.15) is 17.6 Å². The molecule has 2 aliphatic rings. The number of nitrogens with zero attached hydrogens (tertiary/aromatic N) is 3. The van der Waals surface area contributed by atoms with Crippen LogP contribution in [0.15, 0.2) is 60.8 Å². The first-order valence-electron chi connectivity index (χ1n) is 12.7. The summed E-state index contributed by atoms with van der Waals surface area (Å²) in [4.78, 5) is 32.4. The van der Waals surface area contributed by atoms with E-state index in [2.05, 4.69) is 15.6 Å². The lowest BCUT2D eigenvalue weighted by Crippen LogP contribution is -2.46. The van der Waals surface area contributed by atoms with Crippen LogP contribution in [0.1, 0.15) is 44.3 Å². The molecule has 6 rings (SSSR count). The minimum absolute atomic E-state index is 0.0871. The summed E-state index contributed by atoms with van der Waals surface area (Å²) in [6, 6.07) is 11.7. The van der Waals surface area contributed by atoms with Crippen LogP contribution in [-0.4, -0.2) is 23.5 Å². The van der Waals surface area contributed by atoms with Gasteiger partial charge in [-0.1, -0.05) is 23.2 Å². The largest absolute Gasteiger partial charge is 0.416 e. The predicted octanol–water partition coefficient (Wildman–Crippen LogP) is 7.51. The number of halogens is 6. The Morgan fingerprint density at radius 3 is 2.65 bits per heavy atom. The summed E-state index contributed by atoms with van der Waals surface area (Å²) in [5.41, 5.74) is 1.13. The monoisotopic (exact) mass is 625 g/mol. The molecule has 0 saturated heterocycles. The van der Waals surface area contributed by atoms with Crippen molar-refractivity contribution in [1.29, 1.82) is 5.26 Å². The van der Waals surface area contributed by atoms with Gasteiger partial charge in [0, 0.05) is 45.2 Å². The molecule has 4 aromatic rings. The molecule has 0 spiro atoms. The highest BCUT2D eigenvalue weighted by Gasteiger charge is 2.41. The van der Waals surface area contributed by atoms with Crippen LogP contribution in [0.3, 0.4) is 0 Å². The van der Waals surface area contributed by atoms with Gasteiger partial charge in [-0.05, 0) is 77.7 Å². The van der Waals surface area contributed by atoms with Gasteiger partial charge in [-0.25, -0.2) is 14.2 Å². The molecule has 0 fully saturated rings. The molecule has 0 saturated carbocycles. The van der Waals surface area contributed by atoms with Crippen molar-refractivity contribution in [2.75, 3.05) is 16.8 Å². The second kappa shape index (κ2) is 10.6. The van der Waals surface area contributed by atoms with E-state index in [4.69, 9.17) is 23.2 Å². The smallest absolute Gasteiger partial charge is 0.327 e. The lowest BCUT2D eigenvalue weighted by molar-refractivity contribution is -0.137. The molecule has 43 heavy (non-hydrogen) atoms. The van der Waals surface area contributed by atoms with Gasteiger partial charge in [0.2, 0.25) is 0 Å². The molecule has 3 aromatic carbocycles. The molecule has 7 nitrogen and oxygen atoms in total. The number of hydrogen-bond donors (Lipinski definition) is 2. The second-order valence-corrected chi connectivity index (χ2v) is 10.7. The number of pyridine rings is 1. The lowest BCUT2D eigenvalue weighted by Gasteiger charge is -2.35. The van der Waals surface area contributed by atoms with Crippen molar-refractivity contribution in [3.63, 3.8) is 0 Å². The summed E-state index contributed by atoms with van der Waals surface area (Å²) in [6.07, 6.45) is -3.05. The third kappa shape index (κ3) is 5.02.